The van der Waals surface area contributed by atoms with Crippen molar-refractivity contribution in [2.75, 3.05) is 0 Å². The zero-order valence-electron chi connectivity index (χ0n) is 7.81. The first-order valence-corrected chi connectivity index (χ1v) is 4.39. The average Bonchev–Trinajstić information content (AvgIpc) is 2.31. The molecule has 0 saturated heterocycles. The summed E-state index contributed by atoms with van der Waals surface area (Å²) in [6.07, 6.45) is 5.28. The second-order valence-electron chi connectivity index (χ2n) is 3.04. The van der Waals surface area contributed by atoms with Gasteiger partial charge < -0.3 is 4.98 Å². The predicted molar refractivity (Wildman–Crippen MR) is 55.7 cm³/mol. The van der Waals surface area contributed by atoms with E-state index in [1.807, 2.05) is 0 Å². The summed E-state index contributed by atoms with van der Waals surface area (Å²) in [7, 11) is 0. The van der Waals surface area contributed by atoms with Gasteiger partial charge in [-0.1, -0.05) is 6.07 Å². The highest BCUT2D eigenvalue weighted by atomic mass is 16.1. The number of pyridine rings is 2. The molecule has 1 N–H and O–H groups in total. The first kappa shape index (κ1) is 9.33. The van der Waals surface area contributed by atoms with Crippen LogP contribution in [0.4, 0.5) is 0 Å². The summed E-state index contributed by atoms with van der Waals surface area (Å²) >= 11 is 0. The molecule has 4 heteroatoms. The molecule has 2 heterocycles. The number of aldehydes is 1. The molecule has 2 rings (SSSR count). The van der Waals surface area contributed by atoms with Crippen molar-refractivity contribution < 1.29 is 4.79 Å². The standard InChI is InChI=1S/C11H8N2O2/c14-7-8-4-10(11(15)13-5-8)9-2-1-3-12-6-9/h1-7H,(H,13,15). The van der Waals surface area contributed by atoms with Gasteiger partial charge in [0.15, 0.2) is 6.29 Å². The minimum Gasteiger partial charge on any atom is -0.328 e. The van der Waals surface area contributed by atoms with Gasteiger partial charge in [0.25, 0.3) is 5.56 Å². The van der Waals surface area contributed by atoms with Crippen LogP contribution in [0.25, 0.3) is 11.1 Å². The number of aromatic amines is 1. The van der Waals surface area contributed by atoms with Crippen LogP contribution in [0, 0.1) is 0 Å². The highest BCUT2D eigenvalue weighted by Crippen LogP contribution is 2.13. The second kappa shape index (κ2) is 3.88. The summed E-state index contributed by atoms with van der Waals surface area (Å²) in [4.78, 5) is 28.5. The van der Waals surface area contributed by atoms with Crippen LogP contribution in [0.3, 0.4) is 0 Å². The Kier molecular flexibility index (Phi) is 2.41. The normalized spacial score (nSPS) is 9.87. The lowest BCUT2D eigenvalue weighted by atomic mass is 10.1. The number of nitrogens with zero attached hydrogens (tertiary/aromatic N) is 1. The molecule has 0 aliphatic carbocycles. The van der Waals surface area contributed by atoms with Crippen LogP contribution in [-0.4, -0.2) is 16.3 Å². The number of carbonyl (C=O) groups excluding carboxylic acids is 1. The first-order valence-electron chi connectivity index (χ1n) is 4.39. The Balaban J connectivity index is 2.62. The Morgan fingerprint density at radius 2 is 2.27 bits per heavy atom. The number of carbonyl (C=O) groups is 1. The molecule has 0 saturated carbocycles. The van der Waals surface area contributed by atoms with Crippen LogP contribution in [0.5, 0.6) is 0 Å². The summed E-state index contributed by atoms with van der Waals surface area (Å²) in [5.74, 6) is 0. The molecule has 74 valence electrons. The van der Waals surface area contributed by atoms with Crippen molar-refractivity contribution in [2.45, 2.75) is 0 Å². The van der Waals surface area contributed by atoms with Gasteiger partial charge in [0, 0.05) is 35.3 Å². The molecule has 0 unspecified atom stereocenters. The zero-order valence-corrected chi connectivity index (χ0v) is 7.81. The van der Waals surface area contributed by atoms with E-state index in [0.29, 0.717) is 23.0 Å². The number of nitrogens with one attached hydrogen (secondary N) is 1. The van der Waals surface area contributed by atoms with E-state index in [9.17, 15) is 9.59 Å². The van der Waals surface area contributed by atoms with Crippen LogP contribution in [0.2, 0.25) is 0 Å². The second-order valence-corrected chi connectivity index (χ2v) is 3.04. The van der Waals surface area contributed by atoms with E-state index >= 15 is 0 Å². The number of H-pyrrole nitrogens is 1. The van der Waals surface area contributed by atoms with Crippen LogP contribution >= 0.6 is 0 Å². The molecule has 15 heavy (non-hydrogen) atoms. The maximum Gasteiger partial charge on any atom is 0.255 e. The van der Waals surface area contributed by atoms with Gasteiger partial charge in [-0.15, -0.1) is 0 Å². The Bertz CT molecular complexity index is 532. The van der Waals surface area contributed by atoms with E-state index in [-0.39, 0.29) is 5.56 Å². The van der Waals surface area contributed by atoms with Crippen molar-refractivity contribution in [1.82, 2.24) is 9.97 Å². The van der Waals surface area contributed by atoms with Crippen LogP contribution in [0.1, 0.15) is 10.4 Å². The van der Waals surface area contributed by atoms with Gasteiger partial charge in [0.2, 0.25) is 0 Å². The maximum atomic E-state index is 11.5. The van der Waals surface area contributed by atoms with Crippen molar-refractivity contribution in [3.63, 3.8) is 0 Å². The SMILES string of the molecule is O=Cc1c[nH]c(=O)c(-c2cccnc2)c1. The van der Waals surface area contributed by atoms with E-state index < -0.39 is 0 Å². The van der Waals surface area contributed by atoms with Gasteiger partial charge in [-0.3, -0.25) is 14.6 Å². The highest BCUT2D eigenvalue weighted by molar-refractivity contribution is 5.77. The summed E-state index contributed by atoms with van der Waals surface area (Å²) in [5, 5.41) is 0. The fraction of sp³-hybridized carbons (Fsp3) is 0. The number of aromatic nitrogens is 2. The highest BCUT2D eigenvalue weighted by Gasteiger charge is 2.03. The molecule has 0 atom stereocenters. The maximum absolute atomic E-state index is 11.5. The summed E-state index contributed by atoms with van der Waals surface area (Å²) in [6, 6.07) is 5.05. The Morgan fingerprint density at radius 1 is 1.40 bits per heavy atom. The molecule has 0 aromatic carbocycles. The fourth-order valence-corrected chi connectivity index (χ4v) is 1.31. The van der Waals surface area contributed by atoms with Gasteiger partial charge >= 0.3 is 0 Å². The lowest BCUT2D eigenvalue weighted by Crippen LogP contribution is -2.09. The van der Waals surface area contributed by atoms with E-state index in [4.69, 9.17) is 0 Å². The topological polar surface area (TPSA) is 62.8 Å². The van der Waals surface area contributed by atoms with Crippen LogP contribution < -0.4 is 5.56 Å². The predicted octanol–water partition coefficient (Wildman–Crippen LogP) is 1.25. The van der Waals surface area contributed by atoms with Crippen LogP contribution in [0.15, 0.2) is 41.6 Å². The van der Waals surface area contributed by atoms with E-state index in [1.54, 1.807) is 30.6 Å². The molecule has 4 nitrogen and oxygen atoms in total. The molecule has 0 aliphatic heterocycles. The number of hydrogen-bond donors (Lipinski definition) is 1. The van der Waals surface area contributed by atoms with Crippen molar-refractivity contribution in [2.24, 2.45) is 0 Å². The Labute approximate surface area is 85.6 Å². The summed E-state index contributed by atoms with van der Waals surface area (Å²) in [6.45, 7) is 0. The minimum absolute atomic E-state index is 0.228. The number of rotatable bonds is 2. The molecular formula is C11H8N2O2. The van der Waals surface area contributed by atoms with E-state index in [1.165, 1.54) is 6.20 Å². The smallest absolute Gasteiger partial charge is 0.255 e. The van der Waals surface area contributed by atoms with Crippen LogP contribution in [-0.2, 0) is 0 Å². The molecule has 0 spiro atoms. The molecule has 0 aliphatic rings. The van der Waals surface area contributed by atoms with Gasteiger partial charge in [0.1, 0.15) is 0 Å². The molecule has 0 amide bonds. The molecule has 2 aromatic heterocycles. The molecular weight excluding hydrogens is 192 g/mol. The van der Waals surface area contributed by atoms with Crippen molar-refractivity contribution in [3.8, 4) is 11.1 Å². The lowest BCUT2D eigenvalue weighted by Gasteiger charge is -1.99. The molecule has 0 bridgehead atoms. The van der Waals surface area contributed by atoms with Gasteiger partial charge in [-0.05, 0) is 12.1 Å². The van der Waals surface area contributed by atoms with Crippen molar-refractivity contribution in [3.05, 3.63) is 52.7 Å². The quantitative estimate of drug-likeness (QED) is 0.742. The van der Waals surface area contributed by atoms with E-state index in [2.05, 4.69) is 9.97 Å². The summed E-state index contributed by atoms with van der Waals surface area (Å²) in [5.41, 5.74) is 1.36. The first-order chi connectivity index (χ1) is 7.31. The Morgan fingerprint density at radius 3 is 2.93 bits per heavy atom. The monoisotopic (exact) mass is 200 g/mol. The average molecular weight is 200 g/mol. The molecule has 2 aromatic rings. The van der Waals surface area contributed by atoms with Crippen molar-refractivity contribution >= 4 is 6.29 Å². The van der Waals surface area contributed by atoms with Gasteiger partial charge in [0.05, 0.1) is 0 Å². The lowest BCUT2D eigenvalue weighted by molar-refractivity contribution is 0.112. The third-order valence-corrected chi connectivity index (χ3v) is 2.03. The summed E-state index contributed by atoms with van der Waals surface area (Å²) < 4.78 is 0. The minimum atomic E-state index is -0.228. The largest absolute Gasteiger partial charge is 0.328 e. The van der Waals surface area contributed by atoms with Crippen molar-refractivity contribution in [1.29, 1.82) is 0 Å². The number of hydrogen-bond acceptors (Lipinski definition) is 3. The van der Waals surface area contributed by atoms with E-state index in [0.717, 1.165) is 0 Å². The molecule has 0 fully saturated rings. The third kappa shape index (κ3) is 1.83. The van der Waals surface area contributed by atoms with Gasteiger partial charge in [-0.2, -0.15) is 0 Å². The Hall–Kier alpha value is -2.23. The van der Waals surface area contributed by atoms with Gasteiger partial charge in [-0.25, -0.2) is 0 Å². The third-order valence-electron chi connectivity index (χ3n) is 2.03. The molecule has 0 radical (unpaired) electrons. The zero-order chi connectivity index (χ0) is 10.7. The fourth-order valence-electron chi connectivity index (χ4n) is 1.31.